The van der Waals surface area contributed by atoms with E-state index in [1.165, 1.54) is 0 Å². The zero-order chi connectivity index (χ0) is 16.8. The first-order chi connectivity index (χ1) is 11.5. The predicted molar refractivity (Wildman–Crippen MR) is 92.5 cm³/mol. The van der Waals surface area contributed by atoms with Crippen LogP contribution in [0.4, 0.5) is 0 Å². The lowest BCUT2D eigenvalue weighted by molar-refractivity contribution is -0.137. The summed E-state index contributed by atoms with van der Waals surface area (Å²) < 4.78 is 1.61. The van der Waals surface area contributed by atoms with Crippen molar-refractivity contribution in [1.29, 1.82) is 0 Å². The fraction of sp³-hybridized carbons (Fsp3) is 0.0625. The van der Waals surface area contributed by atoms with Crippen molar-refractivity contribution in [3.05, 3.63) is 46.7 Å². The zero-order valence-corrected chi connectivity index (χ0v) is 13.6. The first-order valence-electron chi connectivity index (χ1n) is 7.04. The molecule has 24 heavy (non-hydrogen) atoms. The van der Waals surface area contributed by atoms with Gasteiger partial charge in [0.1, 0.15) is 18.0 Å². The van der Waals surface area contributed by atoms with Gasteiger partial charge in [0.25, 0.3) is 0 Å². The van der Waals surface area contributed by atoms with E-state index in [4.69, 9.17) is 23.2 Å². The van der Waals surface area contributed by atoms with Gasteiger partial charge in [0, 0.05) is 23.3 Å². The monoisotopic (exact) mass is 360 g/mol. The van der Waals surface area contributed by atoms with E-state index in [0.717, 1.165) is 10.9 Å². The number of carboxylic acid groups (broad SMARTS) is 1. The molecular formula is C16H10Cl2N4O2. The second kappa shape index (κ2) is 5.51. The van der Waals surface area contributed by atoms with Gasteiger partial charge in [0.05, 0.1) is 21.1 Å². The largest absolute Gasteiger partial charge is 0.480 e. The van der Waals surface area contributed by atoms with Gasteiger partial charge < -0.3 is 14.7 Å². The van der Waals surface area contributed by atoms with Gasteiger partial charge in [-0.05, 0) is 24.3 Å². The van der Waals surface area contributed by atoms with Crippen molar-refractivity contribution in [2.75, 3.05) is 0 Å². The molecule has 0 saturated heterocycles. The van der Waals surface area contributed by atoms with Crippen molar-refractivity contribution in [1.82, 2.24) is 19.5 Å². The first-order valence-corrected chi connectivity index (χ1v) is 7.80. The van der Waals surface area contributed by atoms with Gasteiger partial charge in [-0.25, -0.2) is 9.97 Å². The normalized spacial score (nSPS) is 11.4. The number of hydrogen-bond donors (Lipinski definition) is 2. The number of H-pyrrole nitrogens is 1. The van der Waals surface area contributed by atoms with Gasteiger partial charge >= 0.3 is 5.97 Å². The summed E-state index contributed by atoms with van der Waals surface area (Å²) in [7, 11) is 0. The van der Waals surface area contributed by atoms with Crippen LogP contribution in [0.15, 0.2) is 36.7 Å². The van der Waals surface area contributed by atoms with Crippen LogP contribution in [0.5, 0.6) is 0 Å². The minimum atomic E-state index is -0.973. The molecule has 0 unspecified atom stereocenters. The average Bonchev–Trinajstić information content (AvgIpc) is 3.10. The Hall–Kier alpha value is -2.57. The van der Waals surface area contributed by atoms with Gasteiger partial charge in [0.15, 0.2) is 0 Å². The van der Waals surface area contributed by atoms with Gasteiger partial charge in [-0.3, -0.25) is 4.79 Å². The number of halogens is 2. The number of nitrogens with one attached hydrogen (secondary N) is 1. The molecule has 0 aliphatic heterocycles. The molecule has 0 aliphatic rings. The third-order valence-electron chi connectivity index (χ3n) is 3.78. The van der Waals surface area contributed by atoms with Crippen molar-refractivity contribution in [3.63, 3.8) is 0 Å². The maximum Gasteiger partial charge on any atom is 0.323 e. The number of rotatable bonds is 3. The van der Waals surface area contributed by atoms with E-state index in [2.05, 4.69) is 15.0 Å². The van der Waals surface area contributed by atoms with E-state index in [0.29, 0.717) is 32.6 Å². The predicted octanol–water partition coefficient (Wildman–Crippen LogP) is 3.97. The Morgan fingerprint density at radius 3 is 2.88 bits per heavy atom. The molecule has 0 atom stereocenters. The third-order valence-corrected chi connectivity index (χ3v) is 4.50. The smallest absolute Gasteiger partial charge is 0.323 e. The molecule has 8 heteroatoms. The number of hydrogen-bond acceptors (Lipinski definition) is 3. The van der Waals surface area contributed by atoms with Crippen molar-refractivity contribution in [3.8, 4) is 11.4 Å². The summed E-state index contributed by atoms with van der Waals surface area (Å²) in [6.45, 7) is -0.239. The Kier molecular flexibility index (Phi) is 3.44. The van der Waals surface area contributed by atoms with E-state index in [1.807, 2.05) is 12.1 Å². The highest BCUT2D eigenvalue weighted by Crippen LogP contribution is 2.33. The summed E-state index contributed by atoms with van der Waals surface area (Å²) >= 11 is 12.1. The first kappa shape index (κ1) is 15.0. The number of aromatic amines is 1. The lowest BCUT2D eigenvalue weighted by atomic mass is 10.2. The lowest BCUT2D eigenvalue weighted by Crippen LogP contribution is -2.09. The Morgan fingerprint density at radius 2 is 2.08 bits per heavy atom. The van der Waals surface area contributed by atoms with Crippen molar-refractivity contribution < 1.29 is 9.90 Å². The highest BCUT2D eigenvalue weighted by molar-refractivity contribution is 6.42. The summed E-state index contributed by atoms with van der Waals surface area (Å²) in [6.07, 6.45) is 3.45. The van der Waals surface area contributed by atoms with Crippen molar-refractivity contribution >= 4 is 51.2 Å². The van der Waals surface area contributed by atoms with E-state index in [1.54, 1.807) is 29.1 Å². The van der Waals surface area contributed by atoms with Crippen molar-refractivity contribution in [2.45, 2.75) is 6.54 Å². The molecule has 4 rings (SSSR count). The number of nitrogens with zero attached hydrogens (tertiary/aromatic N) is 3. The molecule has 0 spiro atoms. The Balaban J connectivity index is 2.05. The molecular weight excluding hydrogens is 351 g/mol. The molecule has 0 amide bonds. The van der Waals surface area contributed by atoms with Crippen molar-refractivity contribution in [2.24, 2.45) is 0 Å². The van der Waals surface area contributed by atoms with E-state index >= 15 is 0 Å². The summed E-state index contributed by atoms with van der Waals surface area (Å²) in [5.74, 6) is -0.454. The molecule has 3 heterocycles. The fourth-order valence-electron chi connectivity index (χ4n) is 2.76. The second-order valence-corrected chi connectivity index (χ2v) is 6.09. The summed E-state index contributed by atoms with van der Waals surface area (Å²) in [4.78, 5) is 23.2. The molecule has 0 aliphatic carbocycles. The highest BCUT2D eigenvalue weighted by Gasteiger charge is 2.19. The minimum absolute atomic E-state index is 0.239. The average molecular weight is 361 g/mol. The maximum atomic E-state index is 11.3. The molecule has 0 bridgehead atoms. The number of carbonyl (C=O) groups is 1. The van der Waals surface area contributed by atoms with Gasteiger partial charge in [0.2, 0.25) is 0 Å². The number of imidazole rings is 1. The van der Waals surface area contributed by atoms with Crippen LogP contribution in [-0.2, 0) is 11.3 Å². The molecule has 0 radical (unpaired) electrons. The fourth-order valence-corrected chi connectivity index (χ4v) is 3.08. The molecule has 120 valence electrons. The lowest BCUT2D eigenvalue weighted by Gasteiger charge is -2.06. The maximum absolute atomic E-state index is 11.3. The van der Waals surface area contributed by atoms with E-state index < -0.39 is 5.97 Å². The topological polar surface area (TPSA) is 83.8 Å². The summed E-state index contributed by atoms with van der Waals surface area (Å²) in [5.41, 5.74) is 2.67. The van der Waals surface area contributed by atoms with Crippen LogP contribution in [0.3, 0.4) is 0 Å². The zero-order valence-electron chi connectivity index (χ0n) is 12.1. The molecule has 1 aromatic carbocycles. The van der Waals surface area contributed by atoms with Crippen LogP contribution >= 0.6 is 23.2 Å². The van der Waals surface area contributed by atoms with E-state index in [9.17, 15) is 9.90 Å². The Labute approximate surface area is 145 Å². The SMILES string of the molecule is O=C(O)Cn1c(-c2c[nH]c3ncccc23)nc2cc(Cl)c(Cl)cc21. The number of aromatic nitrogens is 4. The van der Waals surface area contributed by atoms with E-state index in [-0.39, 0.29) is 6.54 Å². The quantitative estimate of drug-likeness (QED) is 0.578. The van der Waals surface area contributed by atoms with Gasteiger partial charge in [-0.15, -0.1) is 0 Å². The van der Waals surface area contributed by atoms with Crippen LogP contribution in [0, 0.1) is 0 Å². The number of carboxylic acids is 1. The molecule has 3 aromatic heterocycles. The molecule has 2 N–H and O–H groups in total. The van der Waals surface area contributed by atoms with Crippen LogP contribution in [-0.4, -0.2) is 30.6 Å². The second-order valence-electron chi connectivity index (χ2n) is 5.27. The molecule has 0 saturated carbocycles. The third kappa shape index (κ3) is 2.31. The molecule has 0 fully saturated rings. The van der Waals surface area contributed by atoms with Crippen LogP contribution in [0.2, 0.25) is 10.0 Å². The number of fused-ring (bicyclic) bond motifs is 2. The number of benzene rings is 1. The van der Waals surface area contributed by atoms with Gasteiger partial charge in [-0.1, -0.05) is 23.2 Å². The van der Waals surface area contributed by atoms with Crippen LogP contribution in [0.25, 0.3) is 33.5 Å². The standard InChI is InChI=1S/C16H10Cl2N4O2/c17-10-4-12-13(5-11(10)18)22(7-14(23)24)16(21-12)9-6-20-15-8(9)2-1-3-19-15/h1-6H,7H2,(H,19,20)(H,23,24). The summed E-state index contributed by atoms with van der Waals surface area (Å²) in [6, 6.07) is 6.98. The Morgan fingerprint density at radius 1 is 1.29 bits per heavy atom. The number of pyridine rings is 1. The van der Waals surface area contributed by atoms with Gasteiger partial charge in [-0.2, -0.15) is 0 Å². The Bertz CT molecular complexity index is 1100. The molecule has 6 nitrogen and oxygen atoms in total. The van der Waals surface area contributed by atoms with Crippen LogP contribution < -0.4 is 0 Å². The molecule has 4 aromatic rings. The summed E-state index contributed by atoms with van der Waals surface area (Å²) in [5, 5.41) is 10.9. The minimum Gasteiger partial charge on any atom is -0.480 e. The van der Waals surface area contributed by atoms with Crippen LogP contribution in [0.1, 0.15) is 0 Å². The number of aliphatic carboxylic acids is 1. The highest BCUT2D eigenvalue weighted by atomic mass is 35.5.